The summed E-state index contributed by atoms with van der Waals surface area (Å²) in [6, 6.07) is 0.537. The van der Waals surface area contributed by atoms with Gasteiger partial charge in [0.15, 0.2) is 0 Å². The molecule has 0 unspecified atom stereocenters. The molecule has 2 atom stereocenters. The third kappa shape index (κ3) is 37.1. The van der Waals surface area contributed by atoms with E-state index in [0.717, 1.165) is 12.3 Å². The fourth-order valence-corrected chi connectivity index (χ4v) is 2.38. The number of nitrogens with one attached hydrogen (secondary N) is 2. The lowest BCUT2D eigenvalue weighted by Gasteiger charge is -2.23. The molecule has 0 bridgehead atoms. The van der Waals surface area contributed by atoms with Crippen LogP contribution in [-0.4, -0.2) is 65.3 Å². The summed E-state index contributed by atoms with van der Waals surface area (Å²) in [5.74, 6) is 0.630. The van der Waals surface area contributed by atoms with Gasteiger partial charge in [-0.25, -0.2) is 4.79 Å². The summed E-state index contributed by atoms with van der Waals surface area (Å²) in [7, 11) is 0. The zero-order valence-electron chi connectivity index (χ0n) is 27.4. The summed E-state index contributed by atoms with van der Waals surface area (Å²) in [6.07, 6.45) is 14.5. The van der Waals surface area contributed by atoms with Gasteiger partial charge >= 0.3 is 6.09 Å². The van der Waals surface area contributed by atoms with Gasteiger partial charge in [0.25, 0.3) is 0 Å². The predicted molar refractivity (Wildman–Crippen MR) is 171 cm³/mol. The lowest BCUT2D eigenvalue weighted by Crippen LogP contribution is -2.43. The Hall–Kier alpha value is -3.05. The van der Waals surface area contributed by atoms with Gasteiger partial charge in [0.1, 0.15) is 12.1 Å². The number of carbonyl (C=O) groups excluding carboxylic acids is 3. The van der Waals surface area contributed by atoms with Crippen LogP contribution < -0.4 is 10.6 Å². The van der Waals surface area contributed by atoms with Crippen molar-refractivity contribution < 1.29 is 24.2 Å². The number of hydrogen-bond donors (Lipinski definition) is 3. The monoisotopic (exact) mass is 567 g/mol. The smallest absolute Gasteiger partial charge is 0.408 e. The molecule has 8 nitrogen and oxygen atoms in total. The lowest BCUT2D eigenvalue weighted by atomic mass is 10.2. The Labute approximate surface area is 246 Å². The Morgan fingerprint density at radius 1 is 1.15 bits per heavy atom. The highest BCUT2D eigenvalue weighted by molar-refractivity contribution is 5.82. The molecule has 0 radical (unpaired) electrons. The van der Waals surface area contributed by atoms with E-state index in [4.69, 9.17) is 4.74 Å². The molecule has 2 aliphatic rings. The highest BCUT2D eigenvalue weighted by Crippen LogP contribution is 2.17. The molecule has 3 N–H and O–H groups in total. The molecule has 1 saturated carbocycles. The number of ether oxygens (including phenoxy) is 1. The number of allylic oxidation sites excluding steroid dienone is 3. The van der Waals surface area contributed by atoms with Crippen LogP contribution in [0.4, 0.5) is 4.79 Å². The van der Waals surface area contributed by atoms with Crippen LogP contribution in [0.5, 0.6) is 0 Å². The van der Waals surface area contributed by atoms with E-state index in [-0.39, 0.29) is 18.5 Å². The molecule has 0 aromatic heterocycles. The van der Waals surface area contributed by atoms with Crippen LogP contribution in [0.1, 0.15) is 95.4 Å². The molecule has 234 valence electrons. The van der Waals surface area contributed by atoms with Crippen LogP contribution in [-0.2, 0) is 14.3 Å². The molecule has 0 spiro atoms. The Morgan fingerprint density at radius 2 is 1.60 bits per heavy atom. The summed E-state index contributed by atoms with van der Waals surface area (Å²) in [5, 5.41) is 14.5. The van der Waals surface area contributed by atoms with E-state index in [2.05, 4.69) is 64.0 Å². The molecule has 40 heavy (non-hydrogen) atoms. The minimum Gasteiger partial charge on any atom is -0.444 e. The highest BCUT2D eigenvalue weighted by atomic mass is 16.6. The summed E-state index contributed by atoms with van der Waals surface area (Å²) in [4.78, 5) is 34.3. The van der Waals surface area contributed by atoms with Crippen molar-refractivity contribution in [2.45, 2.75) is 119 Å². The third-order valence-corrected chi connectivity index (χ3v) is 4.31. The molecule has 1 aliphatic heterocycles. The van der Waals surface area contributed by atoms with Crippen molar-refractivity contribution in [3.8, 4) is 12.8 Å². The number of alkyl carbamates (subject to hydrolysis) is 1. The number of nitrogens with zero attached hydrogens (tertiary/aromatic N) is 1. The first-order valence-corrected chi connectivity index (χ1v) is 13.9. The van der Waals surface area contributed by atoms with Crippen LogP contribution >= 0.6 is 0 Å². The number of carbonyl (C=O) groups is 3. The van der Waals surface area contributed by atoms with E-state index in [1.54, 1.807) is 25.7 Å². The van der Waals surface area contributed by atoms with Crippen LogP contribution in [0.15, 0.2) is 37.5 Å². The molecular formula is C32H61N3O5. The van der Waals surface area contributed by atoms with E-state index >= 15 is 0 Å². The maximum absolute atomic E-state index is 11.8. The minimum atomic E-state index is -0.608. The Morgan fingerprint density at radius 3 is 1.82 bits per heavy atom. The van der Waals surface area contributed by atoms with Crippen molar-refractivity contribution in [3.05, 3.63) is 37.5 Å². The molecule has 8 heteroatoms. The standard InChI is InChI=1S/C12H22N2O4.C6H10.C4H7NO.C4H10.C2H6.C2H4.C2H2/c1-8-5-9(15)7-14(8)10(16)6-13-11(17)18-12(2,3)4;1-4-6(3)5-2;6-3-5-4-1-2-4;1-4(2)3;3*1-2/h8-9,15H,5-7H2,1-4H3,(H,13,17);4-5H,1H2,2-3H3;3-4H,1-2H2,(H,5,6);4H,1-3H3;1-2H3;1-2H2;1-2H/b;6-5-;;;;;/t8-,9+;;;;;;/m1....../s1. The number of hydrogen-bond acceptors (Lipinski definition) is 5. The summed E-state index contributed by atoms with van der Waals surface area (Å²) in [5.41, 5.74) is 0.652. The summed E-state index contributed by atoms with van der Waals surface area (Å²) < 4.78 is 5.03. The molecule has 1 saturated heterocycles. The van der Waals surface area contributed by atoms with Gasteiger partial charge in [-0.3, -0.25) is 9.59 Å². The summed E-state index contributed by atoms with van der Waals surface area (Å²) >= 11 is 0. The van der Waals surface area contributed by atoms with Crippen LogP contribution in [0.25, 0.3) is 0 Å². The first-order chi connectivity index (χ1) is 18.7. The van der Waals surface area contributed by atoms with E-state index in [9.17, 15) is 19.5 Å². The predicted octanol–water partition coefficient (Wildman–Crippen LogP) is 6.27. The summed E-state index contributed by atoms with van der Waals surface area (Å²) in [6.45, 7) is 31.5. The normalized spacial score (nSPS) is 16.7. The van der Waals surface area contributed by atoms with Gasteiger partial charge in [0.2, 0.25) is 12.3 Å². The number of terminal acetylenes is 1. The molecule has 0 aromatic rings. The fraction of sp³-hybridized carbons (Fsp3) is 0.656. The Kier molecular flexibility index (Phi) is 35.7. The van der Waals surface area contributed by atoms with Crippen LogP contribution in [0.2, 0.25) is 0 Å². The SMILES string of the molecule is C#C.C=C.C=C/C(C)=C\C.CC.CC(C)C.C[C@@H]1C[C@H](O)CN1C(=O)CNC(=O)OC(C)(C)C.O=CNC1CC1. The average Bonchev–Trinajstić information content (AvgIpc) is 3.66. The second-order valence-corrected chi connectivity index (χ2v) is 10.2. The quantitative estimate of drug-likeness (QED) is 0.157. The number of β-amino-alcohol motifs (C(OH)–C–C–N with tert-alkyl or cyclic N) is 1. The van der Waals surface area contributed by atoms with Crippen molar-refractivity contribution >= 4 is 18.4 Å². The Balaban J connectivity index is -0.000000152. The van der Waals surface area contributed by atoms with Crippen molar-refractivity contribution in [1.82, 2.24) is 15.5 Å². The van der Waals surface area contributed by atoms with E-state index in [1.165, 1.54) is 18.4 Å². The van der Waals surface area contributed by atoms with Crippen molar-refractivity contribution in [1.29, 1.82) is 0 Å². The molecule has 2 rings (SSSR count). The van der Waals surface area contributed by atoms with Crippen LogP contribution in [0.3, 0.4) is 0 Å². The molecule has 2 fully saturated rings. The second-order valence-electron chi connectivity index (χ2n) is 10.2. The third-order valence-electron chi connectivity index (χ3n) is 4.31. The topological polar surface area (TPSA) is 108 Å². The molecule has 1 heterocycles. The van der Waals surface area contributed by atoms with Gasteiger partial charge in [0.05, 0.1) is 6.10 Å². The number of likely N-dealkylation sites (tertiary alicyclic amines) is 1. The van der Waals surface area contributed by atoms with Gasteiger partial charge < -0.3 is 25.4 Å². The molecule has 3 amide bonds. The second kappa shape index (κ2) is 30.5. The van der Waals surface area contributed by atoms with Crippen molar-refractivity contribution in [2.24, 2.45) is 5.92 Å². The van der Waals surface area contributed by atoms with Gasteiger partial charge in [-0.15, -0.1) is 26.0 Å². The van der Waals surface area contributed by atoms with E-state index in [1.807, 2.05) is 46.8 Å². The number of rotatable bonds is 5. The van der Waals surface area contributed by atoms with Gasteiger partial charge in [-0.1, -0.05) is 58.9 Å². The van der Waals surface area contributed by atoms with Gasteiger partial charge in [-0.05, 0) is 66.7 Å². The van der Waals surface area contributed by atoms with Crippen molar-refractivity contribution in [2.75, 3.05) is 13.1 Å². The Bertz CT molecular complexity index is 690. The van der Waals surface area contributed by atoms with Crippen molar-refractivity contribution in [3.63, 3.8) is 0 Å². The average molecular weight is 568 g/mol. The number of aliphatic hydroxyl groups is 1. The molecule has 0 aromatic carbocycles. The number of amides is 3. The molecule has 1 aliphatic carbocycles. The van der Waals surface area contributed by atoms with E-state index in [0.29, 0.717) is 19.0 Å². The van der Waals surface area contributed by atoms with E-state index < -0.39 is 17.8 Å². The highest BCUT2D eigenvalue weighted by Gasteiger charge is 2.31. The maximum atomic E-state index is 11.8. The molecular weight excluding hydrogens is 506 g/mol. The van der Waals surface area contributed by atoms with Crippen LogP contribution in [0, 0.1) is 18.8 Å². The number of aliphatic hydroxyl groups excluding tert-OH is 1. The first kappa shape index (κ1) is 46.8. The van der Waals surface area contributed by atoms with Gasteiger partial charge in [0, 0.05) is 18.6 Å². The maximum Gasteiger partial charge on any atom is 0.408 e. The lowest BCUT2D eigenvalue weighted by molar-refractivity contribution is -0.131. The largest absolute Gasteiger partial charge is 0.444 e. The minimum absolute atomic E-state index is 0.00735. The fourth-order valence-electron chi connectivity index (χ4n) is 2.38. The van der Waals surface area contributed by atoms with Gasteiger partial charge in [-0.2, -0.15) is 0 Å². The zero-order chi connectivity index (χ0) is 32.9. The first-order valence-electron chi connectivity index (χ1n) is 13.9. The zero-order valence-corrected chi connectivity index (χ0v) is 27.4.